The lowest BCUT2D eigenvalue weighted by atomic mass is 9.94. The maximum Gasteiger partial charge on any atom is 0.0673 e. The molecule has 3 atom stereocenters. The van der Waals surface area contributed by atoms with Gasteiger partial charge in [0.2, 0.25) is 0 Å². The Kier molecular flexibility index (Phi) is 6.02. The summed E-state index contributed by atoms with van der Waals surface area (Å²) in [6, 6.07) is 11.2. The molecule has 1 aliphatic rings. The van der Waals surface area contributed by atoms with Crippen molar-refractivity contribution >= 4 is 0 Å². The zero-order valence-corrected chi connectivity index (χ0v) is 13.0. The lowest BCUT2D eigenvalue weighted by molar-refractivity contribution is 0.0649. The highest BCUT2D eigenvalue weighted by Crippen LogP contribution is 2.23. The Balaban J connectivity index is 1.96. The summed E-state index contributed by atoms with van der Waals surface area (Å²) >= 11 is 0. The SMILES string of the molecule is CNC(c1ccccc1)C(C)CN1CCCOC(C)C1. The summed E-state index contributed by atoms with van der Waals surface area (Å²) < 4.78 is 5.73. The fraction of sp³-hybridized carbons (Fsp3) is 0.647. The molecule has 3 heteroatoms. The summed E-state index contributed by atoms with van der Waals surface area (Å²) in [5.74, 6) is 0.577. The van der Waals surface area contributed by atoms with Crippen LogP contribution in [0, 0.1) is 5.92 Å². The average Bonchev–Trinajstić information content (AvgIpc) is 2.65. The van der Waals surface area contributed by atoms with Crippen molar-refractivity contribution < 1.29 is 4.74 Å². The average molecular weight is 276 g/mol. The molecule has 1 fully saturated rings. The Morgan fingerprint density at radius 1 is 1.35 bits per heavy atom. The molecule has 2 rings (SSSR count). The van der Waals surface area contributed by atoms with Crippen LogP contribution in [0.5, 0.6) is 0 Å². The molecular weight excluding hydrogens is 248 g/mol. The van der Waals surface area contributed by atoms with Crippen LogP contribution in [0.15, 0.2) is 30.3 Å². The van der Waals surface area contributed by atoms with E-state index in [1.54, 1.807) is 0 Å². The van der Waals surface area contributed by atoms with Gasteiger partial charge in [-0.25, -0.2) is 0 Å². The smallest absolute Gasteiger partial charge is 0.0673 e. The van der Waals surface area contributed by atoms with Crippen molar-refractivity contribution in [1.82, 2.24) is 10.2 Å². The zero-order chi connectivity index (χ0) is 14.4. The molecule has 1 aromatic carbocycles. The van der Waals surface area contributed by atoms with E-state index >= 15 is 0 Å². The quantitative estimate of drug-likeness (QED) is 0.895. The van der Waals surface area contributed by atoms with Crippen molar-refractivity contribution in [2.75, 3.05) is 33.3 Å². The first-order valence-electron chi connectivity index (χ1n) is 7.77. The van der Waals surface area contributed by atoms with Crippen LogP contribution in [0.4, 0.5) is 0 Å². The van der Waals surface area contributed by atoms with Gasteiger partial charge >= 0.3 is 0 Å². The summed E-state index contributed by atoms with van der Waals surface area (Å²) in [6.45, 7) is 8.74. The van der Waals surface area contributed by atoms with Gasteiger partial charge in [0.15, 0.2) is 0 Å². The molecule has 1 N–H and O–H groups in total. The van der Waals surface area contributed by atoms with Gasteiger partial charge in [-0.05, 0) is 31.9 Å². The molecule has 0 spiro atoms. The van der Waals surface area contributed by atoms with E-state index in [2.05, 4.69) is 61.4 Å². The first-order valence-corrected chi connectivity index (χ1v) is 7.77. The van der Waals surface area contributed by atoms with Gasteiger partial charge in [0.1, 0.15) is 0 Å². The second-order valence-corrected chi connectivity index (χ2v) is 5.95. The van der Waals surface area contributed by atoms with Crippen LogP contribution in [0.25, 0.3) is 0 Å². The van der Waals surface area contributed by atoms with Crippen molar-refractivity contribution in [1.29, 1.82) is 0 Å². The summed E-state index contributed by atoms with van der Waals surface area (Å²) in [6.07, 6.45) is 1.50. The van der Waals surface area contributed by atoms with Crippen LogP contribution in [0.2, 0.25) is 0 Å². The third-order valence-electron chi connectivity index (χ3n) is 4.12. The first kappa shape index (κ1) is 15.5. The Labute approximate surface area is 123 Å². The summed E-state index contributed by atoms with van der Waals surface area (Å²) in [4.78, 5) is 2.55. The van der Waals surface area contributed by atoms with Crippen molar-refractivity contribution in [3.63, 3.8) is 0 Å². The molecule has 0 saturated carbocycles. The molecule has 0 amide bonds. The van der Waals surface area contributed by atoms with E-state index in [1.807, 2.05) is 0 Å². The van der Waals surface area contributed by atoms with Crippen LogP contribution in [0.3, 0.4) is 0 Å². The third-order valence-corrected chi connectivity index (χ3v) is 4.12. The fourth-order valence-corrected chi connectivity index (χ4v) is 3.20. The molecule has 112 valence electrons. The van der Waals surface area contributed by atoms with E-state index in [0.29, 0.717) is 18.1 Å². The summed E-state index contributed by atoms with van der Waals surface area (Å²) in [5, 5.41) is 3.48. The standard InChI is InChI=1S/C17H28N2O/c1-14(12-19-10-7-11-20-15(2)13-19)17(18-3)16-8-5-4-6-9-16/h4-6,8-9,14-15,17-18H,7,10-13H2,1-3H3. The van der Waals surface area contributed by atoms with Crippen LogP contribution >= 0.6 is 0 Å². The van der Waals surface area contributed by atoms with Crippen molar-refractivity contribution in [2.45, 2.75) is 32.4 Å². The van der Waals surface area contributed by atoms with Gasteiger partial charge < -0.3 is 15.0 Å². The summed E-state index contributed by atoms with van der Waals surface area (Å²) in [5.41, 5.74) is 1.38. The van der Waals surface area contributed by atoms with Gasteiger partial charge in [0.05, 0.1) is 6.10 Å². The molecule has 20 heavy (non-hydrogen) atoms. The molecule has 0 aliphatic carbocycles. The van der Waals surface area contributed by atoms with E-state index in [1.165, 1.54) is 5.56 Å². The first-order chi connectivity index (χ1) is 9.70. The van der Waals surface area contributed by atoms with Gasteiger partial charge in [-0.3, -0.25) is 0 Å². The van der Waals surface area contributed by atoms with E-state index in [-0.39, 0.29) is 0 Å². The van der Waals surface area contributed by atoms with Gasteiger partial charge in [-0.1, -0.05) is 37.3 Å². The topological polar surface area (TPSA) is 24.5 Å². The van der Waals surface area contributed by atoms with Crippen molar-refractivity contribution in [2.24, 2.45) is 5.92 Å². The molecule has 1 heterocycles. The lowest BCUT2D eigenvalue weighted by Crippen LogP contribution is -2.37. The predicted octanol–water partition coefficient (Wildman–Crippen LogP) is 2.69. The number of rotatable bonds is 5. The van der Waals surface area contributed by atoms with Gasteiger partial charge in [0, 0.05) is 32.3 Å². The molecule has 3 nitrogen and oxygen atoms in total. The normalized spacial score (nSPS) is 24.1. The Bertz CT molecular complexity index is 382. The monoisotopic (exact) mass is 276 g/mol. The molecular formula is C17H28N2O. The zero-order valence-electron chi connectivity index (χ0n) is 13.0. The van der Waals surface area contributed by atoms with Crippen LogP contribution in [0.1, 0.15) is 31.9 Å². The Morgan fingerprint density at radius 2 is 2.10 bits per heavy atom. The van der Waals surface area contributed by atoms with E-state index < -0.39 is 0 Å². The predicted molar refractivity (Wildman–Crippen MR) is 83.9 cm³/mol. The van der Waals surface area contributed by atoms with E-state index in [9.17, 15) is 0 Å². The third kappa shape index (κ3) is 4.30. The molecule has 1 aliphatic heterocycles. The highest BCUT2D eigenvalue weighted by atomic mass is 16.5. The minimum Gasteiger partial charge on any atom is -0.377 e. The molecule has 0 aromatic heterocycles. The minimum absolute atomic E-state index is 0.356. The maximum atomic E-state index is 5.73. The Morgan fingerprint density at radius 3 is 2.80 bits per heavy atom. The number of ether oxygens (including phenoxy) is 1. The molecule has 0 bridgehead atoms. The molecule has 1 saturated heterocycles. The minimum atomic E-state index is 0.356. The molecule has 0 radical (unpaired) electrons. The largest absolute Gasteiger partial charge is 0.377 e. The molecule has 1 aromatic rings. The van der Waals surface area contributed by atoms with Crippen molar-refractivity contribution in [3.05, 3.63) is 35.9 Å². The van der Waals surface area contributed by atoms with E-state index in [4.69, 9.17) is 4.74 Å². The Hall–Kier alpha value is -0.900. The number of benzene rings is 1. The number of nitrogens with one attached hydrogen (secondary N) is 1. The second-order valence-electron chi connectivity index (χ2n) is 5.95. The lowest BCUT2D eigenvalue weighted by Gasteiger charge is -2.30. The molecule has 3 unspecified atom stereocenters. The van der Waals surface area contributed by atoms with E-state index in [0.717, 1.165) is 32.7 Å². The highest BCUT2D eigenvalue weighted by Gasteiger charge is 2.22. The van der Waals surface area contributed by atoms with Gasteiger partial charge in [-0.2, -0.15) is 0 Å². The van der Waals surface area contributed by atoms with Crippen LogP contribution in [-0.4, -0.2) is 44.3 Å². The number of hydrogen-bond acceptors (Lipinski definition) is 3. The fourth-order valence-electron chi connectivity index (χ4n) is 3.20. The number of hydrogen-bond donors (Lipinski definition) is 1. The maximum absolute atomic E-state index is 5.73. The van der Waals surface area contributed by atoms with Gasteiger partial charge in [0.25, 0.3) is 0 Å². The highest BCUT2D eigenvalue weighted by molar-refractivity contribution is 5.19. The van der Waals surface area contributed by atoms with Crippen LogP contribution < -0.4 is 5.32 Å². The van der Waals surface area contributed by atoms with Gasteiger partial charge in [-0.15, -0.1) is 0 Å². The summed E-state index contributed by atoms with van der Waals surface area (Å²) in [7, 11) is 2.06. The van der Waals surface area contributed by atoms with Crippen molar-refractivity contribution in [3.8, 4) is 0 Å². The van der Waals surface area contributed by atoms with Crippen LogP contribution in [-0.2, 0) is 4.74 Å². The second kappa shape index (κ2) is 7.77. The number of nitrogens with zero attached hydrogens (tertiary/aromatic N) is 1.